The summed E-state index contributed by atoms with van der Waals surface area (Å²) in [6.45, 7) is 5.16. The van der Waals surface area contributed by atoms with Gasteiger partial charge in [0.2, 0.25) is 0 Å². The molecule has 0 radical (unpaired) electrons. The Bertz CT molecular complexity index is 581. The van der Waals surface area contributed by atoms with Crippen LogP contribution in [-0.4, -0.2) is 43.4 Å². The molecule has 1 aromatic carbocycles. The molecule has 4 atom stereocenters. The fourth-order valence-electron chi connectivity index (χ4n) is 3.30. The van der Waals surface area contributed by atoms with Gasteiger partial charge in [0.15, 0.2) is 17.5 Å². The van der Waals surface area contributed by atoms with Gasteiger partial charge in [-0.1, -0.05) is 12.1 Å². The van der Waals surface area contributed by atoms with Gasteiger partial charge in [0, 0.05) is 6.54 Å². The number of nitrogens with one attached hydrogen (secondary N) is 2. The largest absolute Gasteiger partial charge is 0.486 e. The first-order valence-electron chi connectivity index (χ1n) is 8.77. The van der Waals surface area contributed by atoms with Crippen molar-refractivity contribution < 1.29 is 13.9 Å². The van der Waals surface area contributed by atoms with Gasteiger partial charge in [-0.05, 0) is 45.2 Å². The second kappa shape index (κ2) is 7.83. The lowest BCUT2D eigenvalue weighted by Gasteiger charge is -2.23. The van der Waals surface area contributed by atoms with Gasteiger partial charge in [0.25, 0.3) is 0 Å². The van der Waals surface area contributed by atoms with E-state index in [-0.39, 0.29) is 17.7 Å². The lowest BCUT2D eigenvalue weighted by molar-refractivity contribution is 0.0992. The fourth-order valence-corrected chi connectivity index (χ4v) is 3.30. The Balaban J connectivity index is 1.54. The predicted octanol–water partition coefficient (Wildman–Crippen LogP) is 2.47. The van der Waals surface area contributed by atoms with Crippen LogP contribution in [0.25, 0.3) is 0 Å². The number of nitrogens with zero attached hydrogens (tertiary/aromatic N) is 1. The van der Waals surface area contributed by atoms with E-state index in [2.05, 4.69) is 15.6 Å². The third-order valence-corrected chi connectivity index (χ3v) is 4.44. The Hall–Kier alpha value is -1.82. The molecule has 2 aliphatic rings. The summed E-state index contributed by atoms with van der Waals surface area (Å²) in [6, 6.07) is 6.76. The van der Waals surface area contributed by atoms with Crippen molar-refractivity contribution in [1.82, 2.24) is 10.6 Å². The second-order valence-electron chi connectivity index (χ2n) is 6.44. The van der Waals surface area contributed by atoms with Gasteiger partial charge >= 0.3 is 0 Å². The third-order valence-electron chi connectivity index (χ3n) is 4.44. The van der Waals surface area contributed by atoms with Crippen LogP contribution >= 0.6 is 0 Å². The van der Waals surface area contributed by atoms with Crippen LogP contribution in [0.1, 0.15) is 33.1 Å². The minimum absolute atomic E-state index is 0.214. The zero-order valence-corrected chi connectivity index (χ0v) is 14.3. The molecule has 2 N–H and O–H groups in total. The number of rotatable bonds is 6. The molecule has 2 saturated heterocycles. The number of hydrogen-bond donors (Lipinski definition) is 2. The van der Waals surface area contributed by atoms with Crippen LogP contribution in [0.15, 0.2) is 29.3 Å². The zero-order valence-electron chi connectivity index (χ0n) is 14.3. The standard InChI is InChI=1S/C18H26FN3O2/c1-3-20-18(22-15-10-13-8-9-17(15)24-13)21-11-12(2)23-16-7-5-4-6-14(16)19/h4-7,12-13,15,17H,3,8-11H2,1-2H3,(H2,20,21,22). The minimum Gasteiger partial charge on any atom is -0.486 e. The molecular weight excluding hydrogens is 309 g/mol. The van der Waals surface area contributed by atoms with Crippen molar-refractivity contribution in [1.29, 1.82) is 0 Å². The summed E-state index contributed by atoms with van der Waals surface area (Å²) in [7, 11) is 0. The van der Waals surface area contributed by atoms with Gasteiger partial charge in [0.1, 0.15) is 6.10 Å². The summed E-state index contributed by atoms with van der Waals surface area (Å²) in [5.41, 5.74) is 0. The first-order valence-corrected chi connectivity index (χ1v) is 8.77. The number of fused-ring (bicyclic) bond motifs is 2. The van der Waals surface area contributed by atoms with Gasteiger partial charge in [-0.2, -0.15) is 0 Å². The van der Waals surface area contributed by atoms with E-state index >= 15 is 0 Å². The van der Waals surface area contributed by atoms with Crippen LogP contribution in [0.5, 0.6) is 5.75 Å². The van der Waals surface area contributed by atoms with Crippen LogP contribution in [-0.2, 0) is 4.74 Å². The molecule has 0 aliphatic carbocycles. The highest BCUT2D eigenvalue weighted by Crippen LogP contribution is 2.34. The van der Waals surface area contributed by atoms with Crippen LogP contribution in [0.4, 0.5) is 4.39 Å². The zero-order chi connectivity index (χ0) is 16.9. The van der Waals surface area contributed by atoms with Gasteiger partial charge in [-0.15, -0.1) is 0 Å². The Morgan fingerprint density at radius 1 is 1.42 bits per heavy atom. The van der Waals surface area contributed by atoms with E-state index in [0.717, 1.165) is 25.3 Å². The first kappa shape index (κ1) is 17.0. The summed E-state index contributed by atoms with van der Waals surface area (Å²) >= 11 is 0. The molecule has 3 rings (SSSR count). The van der Waals surface area contributed by atoms with Gasteiger partial charge in [0.05, 0.1) is 24.8 Å². The molecule has 2 heterocycles. The highest BCUT2D eigenvalue weighted by molar-refractivity contribution is 5.80. The molecule has 24 heavy (non-hydrogen) atoms. The van der Waals surface area contributed by atoms with Crippen LogP contribution in [0, 0.1) is 5.82 Å². The minimum atomic E-state index is -0.350. The quantitative estimate of drug-likeness (QED) is 0.619. The Morgan fingerprint density at radius 3 is 2.92 bits per heavy atom. The summed E-state index contributed by atoms with van der Waals surface area (Å²) in [4.78, 5) is 4.58. The lowest BCUT2D eigenvalue weighted by Crippen LogP contribution is -2.47. The molecule has 1 aromatic rings. The molecule has 2 fully saturated rings. The highest BCUT2D eigenvalue weighted by atomic mass is 19.1. The summed E-state index contributed by atoms with van der Waals surface area (Å²) < 4.78 is 25.1. The molecule has 2 bridgehead atoms. The molecule has 0 amide bonds. The molecule has 6 heteroatoms. The van der Waals surface area contributed by atoms with Gasteiger partial charge in [-0.25, -0.2) is 9.38 Å². The summed E-state index contributed by atoms with van der Waals surface area (Å²) in [5, 5.41) is 6.72. The second-order valence-corrected chi connectivity index (χ2v) is 6.44. The SMILES string of the molecule is CCNC(=NCC(C)Oc1ccccc1F)NC1CC2CCC1O2. The van der Waals surface area contributed by atoms with Crippen LogP contribution in [0.2, 0.25) is 0 Å². The van der Waals surface area contributed by atoms with E-state index in [1.165, 1.54) is 12.5 Å². The number of aliphatic imine (C=N–C) groups is 1. The lowest BCUT2D eigenvalue weighted by atomic mass is 9.96. The van der Waals surface area contributed by atoms with Crippen molar-refractivity contribution in [2.24, 2.45) is 4.99 Å². The average Bonchev–Trinajstić information content (AvgIpc) is 3.18. The first-order chi connectivity index (χ1) is 11.7. The molecule has 5 nitrogen and oxygen atoms in total. The summed E-state index contributed by atoms with van der Waals surface area (Å²) in [6.07, 6.45) is 3.81. The van der Waals surface area contributed by atoms with E-state index in [0.29, 0.717) is 24.8 Å². The topological polar surface area (TPSA) is 54.9 Å². The molecule has 0 aromatic heterocycles. The van der Waals surface area contributed by atoms with Crippen molar-refractivity contribution >= 4 is 5.96 Å². The summed E-state index contributed by atoms with van der Waals surface area (Å²) in [5.74, 6) is 0.680. The van der Waals surface area contributed by atoms with Crippen molar-refractivity contribution in [2.45, 2.75) is 57.5 Å². The molecule has 0 spiro atoms. The molecule has 4 unspecified atom stereocenters. The maximum Gasteiger partial charge on any atom is 0.191 e. The Morgan fingerprint density at radius 2 is 2.25 bits per heavy atom. The van der Waals surface area contributed by atoms with Gasteiger partial charge in [-0.3, -0.25) is 0 Å². The van der Waals surface area contributed by atoms with Crippen LogP contribution in [0.3, 0.4) is 0 Å². The number of ether oxygens (including phenoxy) is 2. The number of halogens is 1. The number of guanidine groups is 1. The van der Waals surface area contributed by atoms with Crippen molar-refractivity contribution in [2.75, 3.05) is 13.1 Å². The number of benzene rings is 1. The van der Waals surface area contributed by atoms with Gasteiger partial charge < -0.3 is 20.1 Å². The monoisotopic (exact) mass is 335 g/mol. The van der Waals surface area contributed by atoms with E-state index in [4.69, 9.17) is 9.47 Å². The van der Waals surface area contributed by atoms with Crippen LogP contribution < -0.4 is 15.4 Å². The van der Waals surface area contributed by atoms with E-state index in [1.54, 1.807) is 18.2 Å². The molecule has 2 aliphatic heterocycles. The average molecular weight is 335 g/mol. The number of para-hydroxylation sites is 1. The molecule has 132 valence electrons. The highest BCUT2D eigenvalue weighted by Gasteiger charge is 2.41. The maximum absolute atomic E-state index is 13.6. The van der Waals surface area contributed by atoms with Crippen molar-refractivity contribution in [3.63, 3.8) is 0 Å². The third kappa shape index (κ3) is 4.17. The Kier molecular flexibility index (Phi) is 5.56. The smallest absolute Gasteiger partial charge is 0.191 e. The predicted molar refractivity (Wildman–Crippen MR) is 91.9 cm³/mol. The van der Waals surface area contributed by atoms with Crippen molar-refractivity contribution in [3.8, 4) is 5.75 Å². The Labute approximate surface area is 142 Å². The molecular formula is C18H26FN3O2. The van der Waals surface area contributed by atoms with E-state index in [9.17, 15) is 4.39 Å². The molecule has 0 saturated carbocycles. The maximum atomic E-state index is 13.6. The number of hydrogen-bond acceptors (Lipinski definition) is 3. The fraction of sp³-hybridized carbons (Fsp3) is 0.611. The van der Waals surface area contributed by atoms with E-state index < -0.39 is 0 Å². The van der Waals surface area contributed by atoms with E-state index in [1.807, 2.05) is 13.8 Å². The van der Waals surface area contributed by atoms with Crippen molar-refractivity contribution in [3.05, 3.63) is 30.1 Å². The normalized spacial score (nSPS) is 27.1.